The van der Waals surface area contributed by atoms with E-state index in [1.165, 1.54) is 6.92 Å². The standard InChI is InChI=1S/C23H31ClO6/c1-12(25)30-11-19(28)23(29)7-6-15-14-5-4-13-8-17(26)16(24)9-21(13,2)20(14)18(27)10-22(15,23)3/h8,14-16,18,20,27,29H,4-7,9-11H2,1-3H3/t14-,15-,16?,18-,20+,21-,22-,23-/m0/s1. The molecule has 1 unspecified atom stereocenters. The molecular weight excluding hydrogens is 408 g/mol. The number of carbonyl (C=O) groups excluding carboxylic acids is 3. The van der Waals surface area contributed by atoms with Crippen molar-refractivity contribution >= 4 is 29.1 Å². The summed E-state index contributed by atoms with van der Waals surface area (Å²) < 4.78 is 4.88. The van der Waals surface area contributed by atoms with Crippen LogP contribution < -0.4 is 0 Å². The van der Waals surface area contributed by atoms with Crippen molar-refractivity contribution in [1.29, 1.82) is 0 Å². The number of alkyl halides is 1. The summed E-state index contributed by atoms with van der Waals surface area (Å²) in [6, 6.07) is 0. The number of ether oxygens (including phenoxy) is 1. The second kappa shape index (κ2) is 7.14. The lowest BCUT2D eigenvalue weighted by Gasteiger charge is -2.60. The summed E-state index contributed by atoms with van der Waals surface area (Å²) in [5.41, 5.74) is -1.68. The molecule has 0 aromatic rings. The Hall–Kier alpha value is -1.24. The molecule has 7 heteroatoms. The molecule has 2 N–H and O–H groups in total. The fourth-order valence-corrected chi connectivity index (χ4v) is 7.85. The van der Waals surface area contributed by atoms with E-state index in [2.05, 4.69) is 6.92 Å². The average molecular weight is 439 g/mol. The maximum Gasteiger partial charge on any atom is 0.303 e. The number of fused-ring (bicyclic) bond motifs is 5. The number of carbonyl (C=O) groups is 3. The number of esters is 1. The van der Waals surface area contributed by atoms with Gasteiger partial charge in [0.15, 0.2) is 12.4 Å². The van der Waals surface area contributed by atoms with Gasteiger partial charge in [-0.3, -0.25) is 14.4 Å². The minimum Gasteiger partial charge on any atom is -0.458 e. The number of allylic oxidation sites excluding steroid dienone is 1. The molecule has 0 aromatic heterocycles. The van der Waals surface area contributed by atoms with Crippen molar-refractivity contribution in [2.75, 3.05) is 6.61 Å². The van der Waals surface area contributed by atoms with Crippen LogP contribution in [0.2, 0.25) is 0 Å². The summed E-state index contributed by atoms with van der Waals surface area (Å²) in [5, 5.41) is 22.2. The summed E-state index contributed by atoms with van der Waals surface area (Å²) in [4.78, 5) is 36.2. The largest absolute Gasteiger partial charge is 0.458 e. The Bertz CT molecular complexity index is 823. The zero-order valence-electron chi connectivity index (χ0n) is 17.8. The zero-order valence-corrected chi connectivity index (χ0v) is 18.6. The van der Waals surface area contributed by atoms with E-state index in [1.807, 2.05) is 6.92 Å². The maximum absolute atomic E-state index is 12.9. The van der Waals surface area contributed by atoms with Gasteiger partial charge in [-0.05, 0) is 67.8 Å². The minimum atomic E-state index is -1.62. The number of rotatable bonds is 3. The van der Waals surface area contributed by atoms with Crippen LogP contribution in [0.1, 0.15) is 59.3 Å². The van der Waals surface area contributed by atoms with E-state index in [0.717, 1.165) is 18.4 Å². The molecule has 0 bridgehead atoms. The van der Waals surface area contributed by atoms with Crippen molar-refractivity contribution in [3.05, 3.63) is 11.6 Å². The summed E-state index contributed by atoms with van der Waals surface area (Å²) >= 11 is 6.34. The van der Waals surface area contributed by atoms with Gasteiger partial charge in [-0.15, -0.1) is 11.6 Å². The van der Waals surface area contributed by atoms with Crippen LogP contribution in [0.3, 0.4) is 0 Å². The predicted octanol–water partition coefficient (Wildman–Crippen LogP) is 2.57. The smallest absolute Gasteiger partial charge is 0.303 e. The zero-order chi connectivity index (χ0) is 22.1. The van der Waals surface area contributed by atoms with Crippen LogP contribution >= 0.6 is 11.6 Å². The predicted molar refractivity (Wildman–Crippen MR) is 110 cm³/mol. The second-order valence-corrected chi connectivity index (χ2v) is 10.8. The summed E-state index contributed by atoms with van der Waals surface area (Å²) in [5.74, 6) is -0.951. The van der Waals surface area contributed by atoms with Crippen molar-refractivity contribution in [1.82, 2.24) is 0 Å². The molecular formula is C23H31ClO6. The minimum absolute atomic E-state index is 0.0518. The number of halogens is 1. The van der Waals surface area contributed by atoms with Crippen LogP contribution in [-0.2, 0) is 19.1 Å². The summed E-state index contributed by atoms with van der Waals surface area (Å²) in [7, 11) is 0. The van der Waals surface area contributed by atoms with Crippen molar-refractivity contribution in [3.8, 4) is 0 Å². The molecule has 3 saturated carbocycles. The fraction of sp³-hybridized carbons (Fsp3) is 0.783. The Kier molecular flexibility index (Phi) is 5.23. The Labute approximate surface area is 182 Å². The first-order chi connectivity index (χ1) is 13.9. The first kappa shape index (κ1) is 22.0. The highest BCUT2D eigenvalue weighted by molar-refractivity contribution is 6.33. The molecule has 0 heterocycles. The van der Waals surface area contributed by atoms with Gasteiger partial charge in [0.25, 0.3) is 0 Å². The van der Waals surface area contributed by atoms with E-state index < -0.39 is 40.9 Å². The van der Waals surface area contributed by atoms with Crippen LogP contribution in [-0.4, -0.2) is 51.4 Å². The topological polar surface area (TPSA) is 101 Å². The number of aliphatic hydroxyl groups excluding tert-OH is 1. The van der Waals surface area contributed by atoms with Gasteiger partial charge in [-0.1, -0.05) is 19.4 Å². The highest BCUT2D eigenvalue weighted by atomic mass is 35.5. The Morgan fingerprint density at radius 3 is 2.63 bits per heavy atom. The first-order valence-electron chi connectivity index (χ1n) is 10.9. The Morgan fingerprint density at radius 2 is 1.97 bits per heavy atom. The SMILES string of the molecule is CC(=O)OCC(=O)[C@@]1(O)CC[C@H]2[C@@H]3CCC4=CC(=O)C(Cl)C[C@]4(C)[C@H]3[C@@H](O)C[C@@]21C. The number of aliphatic hydroxyl groups is 2. The van der Waals surface area contributed by atoms with Crippen LogP contribution in [0.25, 0.3) is 0 Å². The summed E-state index contributed by atoms with van der Waals surface area (Å²) in [6.45, 7) is 4.80. The molecule has 0 amide bonds. The third-order valence-electron chi connectivity index (χ3n) is 8.92. The lowest BCUT2D eigenvalue weighted by atomic mass is 9.45. The molecule has 4 aliphatic rings. The van der Waals surface area contributed by atoms with E-state index in [1.54, 1.807) is 6.08 Å². The van der Waals surface area contributed by atoms with Gasteiger partial charge in [0.1, 0.15) is 5.60 Å². The van der Waals surface area contributed by atoms with Crippen LogP contribution in [0.4, 0.5) is 0 Å². The van der Waals surface area contributed by atoms with Gasteiger partial charge in [-0.2, -0.15) is 0 Å². The maximum atomic E-state index is 12.9. The number of ketones is 2. The molecule has 6 nitrogen and oxygen atoms in total. The monoisotopic (exact) mass is 438 g/mol. The first-order valence-corrected chi connectivity index (χ1v) is 11.3. The Balaban J connectivity index is 1.66. The summed E-state index contributed by atoms with van der Waals surface area (Å²) in [6.07, 6.45) is 4.36. The van der Waals surface area contributed by atoms with Gasteiger partial charge in [0.05, 0.1) is 11.5 Å². The highest BCUT2D eigenvalue weighted by Crippen LogP contribution is 2.67. The molecule has 4 aliphatic carbocycles. The van der Waals surface area contributed by atoms with Gasteiger partial charge in [-0.25, -0.2) is 0 Å². The number of Topliss-reactive ketones (excluding diaryl/α,β-unsaturated/α-hetero) is 1. The van der Waals surface area contributed by atoms with E-state index in [9.17, 15) is 24.6 Å². The van der Waals surface area contributed by atoms with Gasteiger partial charge in [0, 0.05) is 12.3 Å². The van der Waals surface area contributed by atoms with Crippen molar-refractivity contribution < 1.29 is 29.3 Å². The van der Waals surface area contributed by atoms with Crippen molar-refractivity contribution in [2.45, 2.75) is 76.4 Å². The molecule has 3 fully saturated rings. The quantitative estimate of drug-likeness (QED) is 0.518. The average Bonchev–Trinajstić information content (AvgIpc) is 2.92. The van der Waals surface area contributed by atoms with Crippen molar-refractivity contribution in [2.24, 2.45) is 28.6 Å². The molecule has 166 valence electrons. The highest BCUT2D eigenvalue weighted by Gasteiger charge is 2.68. The molecule has 0 radical (unpaired) electrons. The molecule has 8 atom stereocenters. The molecule has 0 saturated heterocycles. The van der Waals surface area contributed by atoms with Crippen LogP contribution in [0.15, 0.2) is 11.6 Å². The molecule has 0 aliphatic heterocycles. The lowest BCUT2D eigenvalue weighted by molar-refractivity contribution is -0.184. The van der Waals surface area contributed by atoms with Gasteiger partial charge in [0.2, 0.25) is 5.78 Å². The third kappa shape index (κ3) is 2.94. The van der Waals surface area contributed by atoms with Crippen LogP contribution in [0, 0.1) is 28.6 Å². The molecule has 4 rings (SSSR count). The lowest BCUT2D eigenvalue weighted by Crippen LogP contribution is -2.62. The normalized spacial score (nSPS) is 47.6. The van der Waals surface area contributed by atoms with Crippen LogP contribution in [0.5, 0.6) is 0 Å². The number of hydrogen-bond donors (Lipinski definition) is 2. The van der Waals surface area contributed by atoms with E-state index >= 15 is 0 Å². The second-order valence-electron chi connectivity index (χ2n) is 10.3. The fourth-order valence-electron chi connectivity index (χ4n) is 7.46. The Morgan fingerprint density at radius 1 is 1.27 bits per heavy atom. The van der Waals surface area contributed by atoms with E-state index in [4.69, 9.17) is 16.3 Å². The molecule has 0 aromatic carbocycles. The van der Waals surface area contributed by atoms with Gasteiger partial charge >= 0.3 is 5.97 Å². The van der Waals surface area contributed by atoms with Gasteiger partial charge < -0.3 is 14.9 Å². The number of hydrogen-bond acceptors (Lipinski definition) is 6. The van der Waals surface area contributed by atoms with E-state index in [-0.39, 0.29) is 29.0 Å². The van der Waals surface area contributed by atoms with Crippen molar-refractivity contribution in [3.63, 3.8) is 0 Å². The molecule has 0 spiro atoms. The molecule has 30 heavy (non-hydrogen) atoms. The third-order valence-corrected chi connectivity index (χ3v) is 9.29. The van der Waals surface area contributed by atoms with E-state index in [0.29, 0.717) is 25.7 Å².